The van der Waals surface area contributed by atoms with Crippen LogP contribution in [-0.4, -0.2) is 48.0 Å². The highest BCUT2D eigenvalue weighted by molar-refractivity contribution is 5.88. The van der Waals surface area contributed by atoms with Gasteiger partial charge in [-0.3, -0.25) is 9.59 Å². The van der Waals surface area contributed by atoms with Gasteiger partial charge in [-0.1, -0.05) is 6.92 Å². The van der Waals surface area contributed by atoms with Gasteiger partial charge in [-0.2, -0.15) is 0 Å². The van der Waals surface area contributed by atoms with E-state index >= 15 is 0 Å². The Hall–Kier alpha value is -1.59. The lowest BCUT2D eigenvalue weighted by Crippen LogP contribution is -2.44. The Kier molecular flexibility index (Phi) is 5.75. The molecule has 1 saturated heterocycles. The van der Waals surface area contributed by atoms with E-state index in [4.69, 9.17) is 9.47 Å². The van der Waals surface area contributed by atoms with Gasteiger partial charge in [0.25, 0.3) is 0 Å². The van der Waals surface area contributed by atoms with Crippen molar-refractivity contribution in [3.05, 3.63) is 0 Å². The van der Waals surface area contributed by atoms with Crippen molar-refractivity contribution in [1.82, 2.24) is 4.90 Å². The molecule has 1 heterocycles. The molecule has 6 heteroatoms. The Bertz CT molecular complexity index is 413. The molecular weight excluding hydrogens is 274 g/mol. The van der Waals surface area contributed by atoms with Gasteiger partial charge in [-0.15, -0.1) is 0 Å². The zero-order valence-corrected chi connectivity index (χ0v) is 13.5. The van der Waals surface area contributed by atoms with Crippen LogP contribution in [0.15, 0.2) is 0 Å². The number of hydrogen-bond donors (Lipinski definition) is 0. The minimum atomic E-state index is -0.567. The largest absolute Gasteiger partial charge is 0.467 e. The second-order valence-corrected chi connectivity index (χ2v) is 6.40. The monoisotopic (exact) mass is 299 g/mol. The summed E-state index contributed by atoms with van der Waals surface area (Å²) in [6.07, 6.45) is 1.39. The highest BCUT2D eigenvalue weighted by atomic mass is 16.6. The number of hydrogen-bond acceptors (Lipinski definition) is 5. The Morgan fingerprint density at radius 3 is 2.43 bits per heavy atom. The summed E-state index contributed by atoms with van der Waals surface area (Å²) in [4.78, 5) is 37.3. The van der Waals surface area contributed by atoms with Crippen LogP contribution in [0.2, 0.25) is 0 Å². The van der Waals surface area contributed by atoms with Crippen molar-refractivity contribution in [3.63, 3.8) is 0 Å². The van der Waals surface area contributed by atoms with E-state index in [0.29, 0.717) is 13.0 Å². The van der Waals surface area contributed by atoms with Gasteiger partial charge in [0.15, 0.2) is 0 Å². The first-order valence-corrected chi connectivity index (χ1v) is 7.26. The van der Waals surface area contributed by atoms with E-state index in [2.05, 4.69) is 0 Å². The number of amides is 1. The third-order valence-corrected chi connectivity index (χ3v) is 3.32. The molecule has 0 unspecified atom stereocenters. The number of carbonyl (C=O) groups is 3. The highest BCUT2D eigenvalue weighted by Crippen LogP contribution is 2.22. The maximum absolute atomic E-state index is 12.4. The first-order chi connectivity index (χ1) is 9.65. The molecule has 120 valence electrons. The topological polar surface area (TPSA) is 72.9 Å². The standard InChI is InChI=1S/C15H25NO5/c1-10(9-12(17)21-15(2,3)4)13(18)16-8-6-7-11(16)14(19)20-5/h10-11H,6-9H2,1-5H3/t10-,11+/m1/s1. The second kappa shape index (κ2) is 6.91. The molecule has 0 aromatic carbocycles. The van der Waals surface area contributed by atoms with Gasteiger partial charge in [0.1, 0.15) is 11.6 Å². The Labute approximate surface area is 125 Å². The molecule has 0 saturated carbocycles. The van der Waals surface area contributed by atoms with Crippen LogP contribution in [0.3, 0.4) is 0 Å². The van der Waals surface area contributed by atoms with E-state index < -0.39 is 29.5 Å². The molecule has 1 amide bonds. The summed E-state index contributed by atoms with van der Waals surface area (Å²) in [5, 5.41) is 0. The Balaban J connectivity index is 2.61. The lowest BCUT2D eigenvalue weighted by Gasteiger charge is -2.26. The summed E-state index contributed by atoms with van der Waals surface area (Å²) < 4.78 is 9.93. The second-order valence-electron chi connectivity index (χ2n) is 6.40. The number of esters is 2. The number of rotatable bonds is 4. The molecule has 0 bridgehead atoms. The summed E-state index contributed by atoms with van der Waals surface area (Å²) in [6.45, 7) is 7.55. The van der Waals surface area contributed by atoms with E-state index in [-0.39, 0.29) is 12.3 Å². The molecule has 1 aliphatic heterocycles. The predicted octanol–water partition coefficient (Wildman–Crippen LogP) is 1.52. The van der Waals surface area contributed by atoms with Crippen LogP contribution < -0.4 is 0 Å². The van der Waals surface area contributed by atoms with Crippen LogP contribution >= 0.6 is 0 Å². The van der Waals surface area contributed by atoms with Crippen LogP contribution in [0.25, 0.3) is 0 Å². The fourth-order valence-corrected chi connectivity index (χ4v) is 2.42. The summed E-state index contributed by atoms with van der Waals surface area (Å²) >= 11 is 0. The number of ether oxygens (including phenoxy) is 2. The average molecular weight is 299 g/mol. The first kappa shape index (κ1) is 17.5. The molecule has 1 rings (SSSR count). The SMILES string of the molecule is COC(=O)[C@@H]1CCCN1C(=O)[C@H](C)CC(=O)OC(C)(C)C. The molecule has 1 aliphatic rings. The van der Waals surface area contributed by atoms with Crippen molar-refractivity contribution in [3.8, 4) is 0 Å². The molecule has 0 N–H and O–H groups in total. The van der Waals surface area contributed by atoms with E-state index in [9.17, 15) is 14.4 Å². The zero-order valence-electron chi connectivity index (χ0n) is 13.5. The third kappa shape index (κ3) is 5.02. The van der Waals surface area contributed by atoms with Crippen LogP contribution in [0, 0.1) is 5.92 Å². The van der Waals surface area contributed by atoms with E-state index in [1.165, 1.54) is 12.0 Å². The Morgan fingerprint density at radius 2 is 1.90 bits per heavy atom. The number of methoxy groups -OCH3 is 1. The van der Waals surface area contributed by atoms with Crippen LogP contribution in [-0.2, 0) is 23.9 Å². The fraction of sp³-hybridized carbons (Fsp3) is 0.800. The van der Waals surface area contributed by atoms with Crippen molar-refractivity contribution in [2.45, 2.75) is 58.6 Å². The quantitative estimate of drug-likeness (QED) is 0.736. The smallest absolute Gasteiger partial charge is 0.328 e. The Morgan fingerprint density at radius 1 is 1.29 bits per heavy atom. The molecule has 0 aromatic heterocycles. The third-order valence-electron chi connectivity index (χ3n) is 3.32. The van der Waals surface area contributed by atoms with E-state index in [1.807, 2.05) is 0 Å². The molecule has 6 nitrogen and oxygen atoms in total. The minimum absolute atomic E-state index is 0.0144. The first-order valence-electron chi connectivity index (χ1n) is 7.26. The van der Waals surface area contributed by atoms with Gasteiger partial charge in [-0.25, -0.2) is 4.79 Å². The van der Waals surface area contributed by atoms with Crippen molar-refractivity contribution < 1.29 is 23.9 Å². The number of nitrogens with zero attached hydrogens (tertiary/aromatic N) is 1. The van der Waals surface area contributed by atoms with Crippen molar-refractivity contribution in [2.24, 2.45) is 5.92 Å². The van der Waals surface area contributed by atoms with Crippen molar-refractivity contribution in [2.75, 3.05) is 13.7 Å². The number of likely N-dealkylation sites (tertiary alicyclic amines) is 1. The molecule has 0 aromatic rings. The van der Waals surface area contributed by atoms with Gasteiger partial charge in [0.2, 0.25) is 5.91 Å². The molecule has 1 fully saturated rings. The summed E-state index contributed by atoms with van der Waals surface area (Å²) in [6, 6.07) is -0.524. The van der Waals surface area contributed by atoms with E-state index in [1.54, 1.807) is 27.7 Å². The van der Waals surface area contributed by atoms with Gasteiger partial charge >= 0.3 is 11.9 Å². The zero-order chi connectivity index (χ0) is 16.2. The highest BCUT2D eigenvalue weighted by Gasteiger charge is 2.37. The van der Waals surface area contributed by atoms with Crippen LogP contribution in [0.4, 0.5) is 0 Å². The average Bonchev–Trinajstić information content (AvgIpc) is 2.83. The molecular formula is C15H25NO5. The van der Waals surface area contributed by atoms with Crippen molar-refractivity contribution >= 4 is 17.8 Å². The molecule has 2 atom stereocenters. The van der Waals surface area contributed by atoms with E-state index in [0.717, 1.165) is 6.42 Å². The van der Waals surface area contributed by atoms with Gasteiger partial charge in [0, 0.05) is 12.5 Å². The van der Waals surface area contributed by atoms with Gasteiger partial charge in [-0.05, 0) is 33.6 Å². The van der Waals surface area contributed by atoms with Crippen LogP contribution in [0.5, 0.6) is 0 Å². The minimum Gasteiger partial charge on any atom is -0.467 e. The maximum Gasteiger partial charge on any atom is 0.328 e. The number of carbonyl (C=O) groups excluding carboxylic acids is 3. The fourth-order valence-electron chi connectivity index (χ4n) is 2.42. The maximum atomic E-state index is 12.4. The molecule has 21 heavy (non-hydrogen) atoms. The normalized spacial score (nSPS) is 20.0. The summed E-state index contributed by atoms with van der Waals surface area (Å²) in [7, 11) is 1.31. The van der Waals surface area contributed by atoms with Gasteiger partial charge in [0.05, 0.1) is 13.5 Å². The summed E-state index contributed by atoms with van der Waals surface area (Å²) in [5.74, 6) is -1.51. The van der Waals surface area contributed by atoms with Gasteiger partial charge < -0.3 is 14.4 Å². The molecule has 0 spiro atoms. The van der Waals surface area contributed by atoms with Crippen molar-refractivity contribution in [1.29, 1.82) is 0 Å². The van der Waals surface area contributed by atoms with Crippen LogP contribution in [0.1, 0.15) is 47.0 Å². The summed E-state index contributed by atoms with van der Waals surface area (Å²) in [5.41, 5.74) is -0.567. The lowest BCUT2D eigenvalue weighted by atomic mass is 10.1. The molecule has 0 aliphatic carbocycles. The predicted molar refractivity (Wildman–Crippen MR) is 76.4 cm³/mol. The lowest BCUT2D eigenvalue weighted by molar-refractivity contribution is -0.159. The molecule has 0 radical (unpaired) electrons.